The summed E-state index contributed by atoms with van der Waals surface area (Å²) in [6, 6.07) is 0. The number of Topliss-reactive ketones (excluding diaryl/α,β-unsaturated/α-hetero) is 1. The van der Waals surface area contributed by atoms with Gasteiger partial charge in [0.15, 0.2) is 5.78 Å². The molecule has 0 amide bonds. The molecule has 2 atom stereocenters. The fourth-order valence-electron chi connectivity index (χ4n) is 3.41. The second kappa shape index (κ2) is 3.83. The number of hydrogen-bond donors (Lipinski definition) is 0. The van der Waals surface area contributed by atoms with Crippen LogP contribution in [0.1, 0.15) is 33.1 Å². The van der Waals surface area contributed by atoms with E-state index in [1.807, 2.05) is 13.8 Å². The standard InChI is InChI=1S/C12H17BrO3/c1-11(2)8-3-4-12(11,9(14)7-8)10(15)16-6-5-13/h8H,3-7H2,1-2H3. The van der Waals surface area contributed by atoms with Gasteiger partial charge in [-0.25, -0.2) is 0 Å². The van der Waals surface area contributed by atoms with Gasteiger partial charge in [0.1, 0.15) is 12.0 Å². The van der Waals surface area contributed by atoms with E-state index >= 15 is 0 Å². The van der Waals surface area contributed by atoms with Gasteiger partial charge >= 0.3 is 5.97 Å². The van der Waals surface area contributed by atoms with Crippen molar-refractivity contribution in [2.45, 2.75) is 33.1 Å². The maximum absolute atomic E-state index is 12.1. The summed E-state index contributed by atoms with van der Waals surface area (Å²) in [5.41, 5.74) is -1.08. The first-order valence-corrected chi connectivity index (χ1v) is 6.85. The average molecular weight is 289 g/mol. The van der Waals surface area contributed by atoms with E-state index in [4.69, 9.17) is 4.74 Å². The molecule has 90 valence electrons. The lowest BCUT2D eigenvalue weighted by atomic mass is 9.69. The number of rotatable bonds is 3. The van der Waals surface area contributed by atoms with E-state index in [0.29, 0.717) is 30.7 Å². The second-order valence-electron chi connectivity index (χ2n) is 5.31. The van der Waals surface area contributed by atoms with Gasteiger partial charge in [-0.1, -0.05) is 29.8 Å². The summed E-state index contributed by atoms with van der Waals surface area (Å²) in [6.07, 6.45) is 2.20. The minimum atomic E-state index is -0.847. The third-order valence-electron chi connectivity index (χ3n) is 4.55. The van der Waals surface area contributed by atoms with Gasteiger partial charge in [0.25, 0.3) is 0 Å². The minimum Gasteiger partial charge on any atom is -0.464 e. The van der Waals surface area contributed by atoms with Gasteiger partial charge in [-0.2, -0.15) is 0 Å². The first kappa shape index (κ1) is 12.1. The first-order chi connectivity index (χ1) is 7.46. The Hall–Kier alpha value is -0.380. The molecule has 2 rings (SSSR count). The third kappa shape index (κ3) is 1.31. The predicted octanol–water partition coefficient (Wildman–Crippen LogP) is 2.32. The smallest absolute Gasteiger partial charge is 0.320 e. The van der Waals surface area contributed by atoms with Gasteiger partial charge in [-0.05, 0) is 24.2 Å². The summed E-state index contributed by atoms with van der Waals surface area (Å²) in [5, 5.41) is 0.618. The Balaban J connectivity index is 2.28. The molecule has 0 heterocycles. The highest BCUT2D eigenvalue weighted by Crippen LogP contribution is 2.64. The zero-order valence-electron chi connectivity index (χ0n) is 9.72. The SMILES string of the molecule is CC1(C)C2CCC1(C(=O)OCCBr)C(=O)C2. The van der Waals surface area contributed by atoms with Crippen LogP contribution in [-0.4, -0.2) is 23.7 Å². The van der Waals surface area contributed by atoms with Crippen LogP contribution in [0.15, 0.2) is 0 Å². The Kier molecular flexibility index (Phi) is 2.89. The van der Waals surface area contributed by atoms with Crippen molar-refractivity contribution in [1.29, 1.82) is 0 Å². The molecule has 2 fully saturated rings. The number of carbonyl (C=O) groups is 2. The van der Waals surface area contributed by atoms with Crippen molar-refractivity contribution in [3.05, 3.63) is 0 Å². The number of carbonyl (C=O) groups excluding carboxylic acids is 2. The van der Waals surface area contributed by atoms with Crippen LogP contribution >= 0.6 is 15.9 Å². The predicted molar refractivity (Wildman–Crippen MR) is 63.3 cm³/mol. The Morgan fingerprint density at radius 3 is 2.69 bits per heavy atom. The maximum Gasteiger partial charge on any atom is 0.320 e. The summed E-state index contributed by atoms with van der Waals surface area (Å²) >= 11 is 3.22. The number of fused-ring (bicyclic) bond motifs is 2. The van der Waals surface area contributed by atoms with E-state index in [-0.39, 0.29) is 17.2 Å². The number of hydrogen-bond acceptors (Lipinski definition) is 3. The molecule has 4 heteroatoms. The Morgan fingerprint density at radius 2 is 2.25 bits per heavy atom. The number of alkyl halides is 1. The quantitative estimate of drug-likeness (QED) is 0.455. The van der Waals surface area contributed by atoms with Gasteiger partial charge < -0.3 is 4.74 Å². The summed E-state index contributed by atoms with van der Waals surface area (Å²) in [7, 11) is 0. The highest BCUT2D eigenvalue weighted by molar-refractivity contribution is 9.09. The molecule has 2 aliphatic rings. The zero-order chi connectivity index (χ0) is 12.0. The average Bonchev–Trinajstić information content (AvgIpc) is 2.59. The van der Waals surface area contributed by atoms with E-state index < -0.39 is 5.41 Å². The molecule has 0 radical (unpaired) electrons. The topological polar surface area (TPSA) is 43.4 Å². The fourth-order valence-corrected chi connectivity index (χ4v) is 3.57. The molecule has 0 aromatic heterocycles. The number of ether oxygens (including phenoxy) is 1. The molecule has 0 saturated heterocycles. The second-order valence-corrected chi connectivity index (χ2v) is 6.11. The van der Waals surface area contributed by atoms with Crippen molar-refractivity contribution >= 4 is 27.7 Å². The maximum atomic E-state index is 12.1. The van der Waals surface area contributed by atoms with Crippen LogP contribution in [0.2, 0.25) is 0 Å². The van der Waals surface area contributed by atoms with E-state index in [9.17, 15) is 9.59 Å². The molecule has 0 aromatic carbocycles. The summed E-state index contributed by atoms with van der Waals surface area (Å²) in [6.45, 7) is 4.41. The van der Waals surface area contributed by atoms with Crippen LogP contribution in [0.3, 0.4) is 0 Å². The van der Waals surface area contributed by atoms with Crippen LogP contribution in [0.4, 0.5) is 0 Å². The van der Waals surface area contributed by atoms with Crippen LogP contribution in [0.5, 0.6) is 0 Å². The lowest BCUT2D eigenvalue weighted by Crippen LogP contribution is -2.44. The van der Waals surface area contributed by atoms with Crippen molar-refractivity contribution in [3.63, 3.8) is 0 Å². The minimum absolute atomic E-state index is 0.0910. The molecule has 0 aromatic rings. The van der Waals surface area contributed by atoms with Gasteiger partial charge in [0.05, 0.1) is 0 Å². The molecule has 0 N–H and O–H groups in total. The fraction of sp³-hybridized carbons (Fsp3) is 0.833. The van der Waals surface area contributed by atoms with Crippen molar-refractivity contribution in [1.82, 2.24) is 0 Å². The zero-order valence-corrected chi connectivity index (χ0v) is 11.3. The van der Waals surface area contributed by atoms with Crippen LogP contribution in [-0.2, 0) is 14.3 Å². The molecule has 0 spiro atoms. The highest BCUT2D eigenvalue weighted by atomic mass is 79.9. The number of ketones is 1. The number of esters is 1. The lowest BCUT2D eigenvalue weighted by molar-refractivity contribution is -0.163. The Morgan fingerprint density at radius 1 is 1.56 bits per heavy atom. The van der Waals surface area contributed by atoms with E-state index in [1.54, 1.807) is 0 Å². The molecular formula is C12H17BrO3. The number of halogens is 1. The van der Waals surface area contributed by atoms with Crippen LogP contribution in [0.25, 0.3) is 0 Å². The molecule has 2 saturated carbocycles. The Bertz CT molecular complexity index is 337. The molecule has 0 aliphatic heterocycles. The first-order valence-electron chi connectivity index (χ1n) is 5.73. The third-order valence-corrected chi connectivity index (χ3v) is 4.88. The van der Waals surface area contributed by atoms with Crippen molar-refractivity contribution in [2.75, 3.05) is 11.9 Å². The van der Waals surface area contributed by atoms with Gasteiger partial charge in [0.2, 0.25) is 0 Å². The molecular weight excluding hydrogens is 272 g/mol. The van der Waals surface area contributed by atoms with E-state index in [0.717, 1.165) is 6.42 Å². The van der Waals surface area contributed by atoms with Crippen molar-refractivity contribution in [3.8, 4) is 0 Å². The molecule has 2 unspecified atom stereocenters. The van der Waals surface area contributed by atoms with Crippen LogP contribution < -0.4 is 0 Å². The van der Waals surface area contributed by atoms with E-state index in [1.165, 1.54) is 0 Å². The van der Waals surface area contributed by atoms with Gasteiger partial charge in [-0.3, -0.25) is 9.59 Å². The Labute approximate surface area is 104 Å². The summed E-state index contributed by atoms with van der Waals surface area (Å²) in [5.74, 6) is 0.145. The normalized spacial score (nSPS) is 35.4. The summed E-state index contributed by atoms with van der Waals surface area (Å²) < 4.78 is 5.20. The summed E-state index contributed by atoms with van der Waals surface area (Å²) in [4.78, 5) is 24.2. The highest BCUT2D eigenvalue weighted by Gasteiger charge is 2.69. The van der Waals surface area contributed by atoms with E-state index in [2.05, 4.69) is 15.9 Å². The lowest BCUT2D eigenvalue weighted by Gasteiger charge is -2.33. The molecule has 2 aliphatic carbocycles. The molecule has 3 nitrogen and oxygen atoms in total. The van der Waals surface area contributed by atoms with Gasteiger partial charge in [-0.15, -0.1) is 0 Å². The monoisotopic (exact) mass is 288 g/mol. The molecule has 16 heavy (non-hydrogen) atoms. The van der Waals surface area contributed by atoms with Crippen molar-refractivity contribution in [2.24, 2.45) is 16.7 Å². The largest absolute Gasteiger partial charge is 0.464 e. The molecule has 2 bridgehead atoms. The van der Waals surface area contributed by atoms with Gasteiger partial charge in [0, 0.05) is 11.8 Å². The van der Waals surface area contributed by atoms with Crippen LogP contribution in [0, 0.1) is 16.7 Å². The van der Waals surface area contributed by atoms with Crippen molar-refractivity contribution < 1.29 is 14.3 Å².